The fraction of sp³-hybridized carbons (Fsp3) is 0.867. The molecule has 0 aromatic rings. The highest BCUT2D eigenvalue weighted by Gasteiger charge is 2.09. The van der Waals surface area contributed by atoms with E-state index in [0.717, 1.165) is 19.1 Å². The van der Waals surface area contributed by atoms with Crippen LogP contribution in [0.2, 0.25) is 0 Å². The maximum absolute atomic E-state index is 11.5. The highest BCUT2D eigenvalue weighted by atomic mass is 16.3. The predicted octanol–water partition coefficient (Wildman–Crippen LogP) is -0.511. The summed E-state index contributed by atoms with van der Waals surface area (Å²) in [5.74, 6) is 0.0625. The van der Waals surface area contributed by atoms with E-state index in [1.54, 1.807) is 4.90 Å². The lowest BCUT2D eigenvalue weighted by atomic mass is 10.2. The average molecular weight is 320 g/mol. The molecule has 3 N–H and O–H groups in total. The molecule has 0 atom stereocenters. The van der Waals surface area contributed by atoms with Gasteiger partial charge in [0.05, 0.1) is 19.8 Å². The largest absolute Gasteiger partial charge is 0.395 e. The standard InChI is InChI=1S/C10H19NO3.C5H13NO2/c1-2-11(7-9-13)10(14)6-4-3-5-8-12;1-6(2-4-7)3-5-8/h8,13H,2-7,9H2,1H3;7-8H,2-5H2,1H3. The number of aliphatic hydroxyl groups excluding tert-OH is 3. The van der Waals surface area contributed by atoms with Crippen molar-refractivity contribution in [2.75, 3.05) is 53.0 Å². The summed E-state index contributed by atoms with van der Waals surface area (Å²) >= 11 is 0. The molecule has 0 rings (SSSR count). The number of rotatable bonds is 12. The van der Waals surface area contributed by atoms with Gasteiger partial charge in [-0.3, -0.25) is 4.79 Å². The zero-order valence-electron chi connectivity index (χ0n) is 13.9. The first kappa shape index (κ1) is 23.2. The molecule has 0 aromatic heterocycles. The molecule has 0 aliphatic heterocycles. The minimum Gasteiger partial charge on any atom is -0.395 e. The number of aldehydes is 1. The minimum atomic E-state index is 0.00785. The lowest BCUT2D eigenvalue weighted by Crippen LogP contribution is -2.33. The van der Waals surface area contributed by atoms with E-state index in [1.165, 1.54) is 0 Å². The van der Waals surface area contributed by atoms with Crippen LogP contribution in [0.25, 0.3) is 0 Å². The Bertz CT molecular complexity index is 258. The molecule has 132 valence electrons. The van der Waals surface area contributed by atoms with Crippen LogP contribution in [-0.2, 0) is 9.59 Å². The van der Waals surface area contributed by atoms with Crippen LogP contribution >= 0.6 is 0 Å². The maximum Gasteiger partial charge on any atom is 0.222 e. The van der Waals surface area contributed by atoms with Gasteiger partial charge in [-0.05, 0) is 26.8 Å². The van der Waals surface area contributed by atoms with Gasteiger partial charge >= 0.3 is 0 Å². The second kappa shape index (κ2) is 18.0. The van der Waals surface area contributed by atoms with Crippen molar-refractivity contribution >= 4 is 12.2 Å². The summed E-state index contributed by atoms with van der Waals surface area (Å²) in [6.45, 7) is 4.54. The normalized spacial score (nSPS) is 10.1. The quantitative estimate of drug-likeness (QED) is 0.331. The van der Waals surface area contributed by atoms with Gasteiger partial charge in [-0.25, -0.2) is 0 Å². The van der Waals surface area contributed by atoms with E-state index in [9.17, 15) is 9.59 Å². The molecule has 0 spiro atoms. The number of amides is 1. The number of hydrogen-bond acceptors (Lipinski definition) is 6. The first-order valence-corrected chi connectivity index (χ1v) is 7.79. The Hall–Kier alpha value is -1.02. The second-order valence-electron chi connectivity index (χ2n) is 4.86. The van der Waals surface area contributed by atoms with E-state index in [2.05, 4.69) is 0 Å². The van der Waals surface area contributed by atoms with Crippen LogP contribution in [0.5, 0.6) is 0 Å². The highest BCUT2D eigenvalue weighted by Crippen LogP contribution is 2.02. The van der Waals surface area contributed by atoms with Gasteiger partial charge in [0.25, 0.3) is 0 Å². The van der Waals surface area contributed by atoms with Crippen molar-refractivity contribution < 1.29 is 24.9 Å². The Kier molecular flexibility index (Phi) is 19.1. The van der Waals surface area contributed by atoms with Crippen LogP contribution < -0.4 is 0 Å². The summed E-state index contributed by atoms with van der Waals surface area (Å²) in [5, 5.41) is 25.4. The van der Waals surface area contributed by atoms with Crippen LogP contribution in [-0.4, -0.2) is 90.4 Å². The Labute approximate surface area is 133 Å². The maximum atomic E-state index is 11.5. The molecule has 0 heterocycles. The van der Waals surface area contributed by atoms with E-state index in [4.69, 9.17) is 15.3 Å². The topological polar surface area (TPSA) is 101 Å². The smallest absolute Gasteiger partial charge is 0.222 e. The van der Waals surface area contributed by atoms with Crippen molar-refractivity contribution in [1.82, 2.24) is 9.80 Å². The summed E-state index contributed by atoms with van der Waals surface area (Å²) in [7, 11) is 1.85. The summed E-state index contributed by atoms with van der Waals surface area (Å²) in [4.78, 5) is 25.0. The van der Waals surface area contributed by atoms with Gasteiger partial charge in [0.2, 0.25) is 5.91 Å². The third-order valence-electron chi connectivity index (χ3n) is 3.03. The summed E-state index contributed by atoms with van der Waals surface area (Å²) in [6.07, 6.45) is 3.39. The Morgan fingerprint density at radius 1 is 1.00 bits per heavy atom. The van der Waals surface area contributed by atoms with Gasteiger partial charge in [-0.1, -0.05) is 0 Å². The highest BCUT2D eigenvalue weighted by molar-refractivity contribution is 5.76. The molecule has 0 bridgehead atoms. The van der Waals surface area contributed by atoms with Gasteiger partial charge in [0.15, 0.2) is 0 Å². The summed E-state index contributed by atoms with van der Waals surface area (Å²) in [5.41, 5.74) is 0. The Morgan fingerprint density at radius 3 is 1.95 bits per heavy atom. The van der Waals surface area contributed by atoms with Crippen LogP contribution in [0.4, 0.5) is 0 Å². The van der Waals surface area contributed by atoms with Crippen molar-refractivity contribution in [3.8, 4) is 0 Å². The van der Waals surface area contributed by atoms with Crippen LogP contribution in [0.3, 0.4) is 0 Å². The van der Waals surface area contributed by atoms with Gasteiger partial charge in [0.1, 0.15) is 6.29 Å². The predicted molar refractivity (Wildman–Crippen MR) is 85.5 cm³/mol. The van der Waals surface area contributed by atoms with Crippen LogP contribution in [0, 0.1) is 0 Å². The lowest BCUT2D eigenvalue weighted by Gasteiger charge is -2.19. The zero-order valence-corrected chi connectivity index (χ0v) is 13.9. The molecule has 1 amide bonds. The number of hydrogen-bond donors (Lipinski definition) is 3. The summed E-state index contributed by atoms with van der Waals surface area (Å²) in [6, 6.07) is 0. The first-order valence-electron chi connectivity index (χ1n) is 7.79. The van der Waals surface area contributed by atoms with E-state index >= 15 is 0 Å². The number of likely N-dealkylation sites (N-methyl/N-ethyl adjacent to an activating group) is 2. The Balaban J connectivity index is 0. The first-order chi connectivity index (χ1) is 10.6. The molecular formula is C15H32N2O5. The van der Waals surface area contributed by atoms with Gasteiger partial charge < -0.3 is 29.9 Å². The second-order valence-corrected chi connectivity index (χ2v) is 4.86. The third kappa shape index (κ3) is 15.4. The van der Waals surface area contributed by atoms with Crippen LogP contribution in [0.1, 0.15) is 32.6 Å². The van der Waals surface area contributed by atoms with E-state index in [-0.39, 0.29) is 25.7 Å². The number of aliphatic hydroxyl groups is 3. The number of carbonyl (C=O) groups is 2. The average Bonchev–Trinajstić information content (AvgIpc) is 2.50. The van der Waals surface area contributed by atoms with Gasteiger partial charge in [-0.15, -0.1) is 0 Å². The number of nitrogens with zero attached hydrogens (tertiary/aromatic N) is 2. The van der Waals surface area contributed by atoms with E-state index in [1.807, 2.05) is 18.9 Å². The van der Waals surface area contributed by atoms with Crippen molar-refractivity contribution in [3.63, 3.8) is 0 Å². The van der Waals surface area contributed by atoms with Gasteiger partial charge in [-0.2, -0.15) is 0 Å². The summed E-state index contributed by atoms with van der Waals surface area (Å²) < 4.78 is 0. The molecule has 22 heavy (non-hydrogen) atoms. The molecule has 0 aliphatic carbocycles. The molecule has 0 unspecified atom stereocenters. The molecule has 0 saturated heterocycles. The van der Waals surface area contributed by atoms with E-state index < -0.39 is 0 Å². The molecular weight excluding hydrogens is 288 g/mol. The monoisotopic (exact) mass is 320 g/mol. The zero-order chi connectivity index (χ0) is 17.2. The molecule has 0 fully saturated rings. The number of unbranched alkanes of at least 4 members (excludes halogenated alkanes) is 2. The van der Waals surface area contributed by atoms with Crippen molar-refractivity contribution in [2.24, 2.45) is 0 Å². The lowest BCUT2D eigenvalue weighted by molar-refractivity contribution is -0.131. The molecule has 0 aromatic carbocycles. The fourth-order valence-electron chi connectivity index (χ4n) is 1.70. The Morgan fingerprint density at radius 2 is 1.55 bits per heavy atom. The van der Waals surface area contributed by atoms with Crippen molar-refractivity contribution in [2.45, 2.75) is 32.6 Å². The molecule has 0 radical (unpaired) electrons. The fourth-order valence-corrected chi connectivity index (χ4v) is 1.70. The molecule has 0 saturated carbocycles. The molecule has 0 aliphatic rings. The van der Waals surface area contributed by atoms with E-state index in [0.29, 0.717) is 39.0 Å². The van der Waals surface area contributed by atoms with Crippen molar-refractivity contribution in [3.05, 3.63) is 0 Å². The third-order valence-corrected chi connectivity index (χ3v) is 3.03. The van der Waals surface area contributed by atoms with Gasteiger partial charge in [0, 0.05) is 39.0 Å². The minimum absolute atomic E-state index is 0.00785. The molecule has 7 nitrogen and oxygen atoms in total. The molecule has 7 heteroatoms. The SMILES string of the molecule is CCN(CCO)C(=O)CCCCC=O.CN(CCO)CCO. The number of carbonyl (C=O) groups excluding carboxylic acids is 2. The van der Waals surface area contributed by atoms with Crippen molar-refractivity contribution in [1.29, 1.82) is 0 Å². The van der Waals surface area contributed by atoms with Crippen LogP contribution in [0.15, 0.2) is 0 Å².